The number of carboxylic acids is 1. The zero-order valence-corrected chi connectivity index (χ0v) is 10.8. The molecule has 2 rings (SSSR count). The van der Waals surface area contributed by atoms with Gasteiger partial charge in [-0.05, 0) is 62.1 Å². The van der Waals surface area contributed by atoms with Crippen LogP contribution in [0, 0.1) is 26.7 Å². The van der Waals surface area contributed by atoms with Crippen LogP contribution in [-0.2, 0) is 4.79 Å². The molecule has 1 aliphatic carbocycles. The van der Waals surface area contributed by atoms with Crippen LogP contribution in [-0.4, -0.2) is 11.1 Å². The molecule has 1 aliphatic rings. The summed E-state index contributed by atoms with van der Waals surface area (Å²) in [6.07, 6.45) is 2.64. The maximum absolute atomic E-state index is 11.0. The van der Waals surface area contributed by atoms with Crippen LogP contribution in [0.25, 0.3) is 0 Å². The molecule has 1 aromatic rings. The van der Waals surface area contributed by atoms with E-state index < -0.39 is 5.97 Å². The molecule has 1 N–H and O–H groups in total. The van der Waals surface area contributed by atoms with Crippen molar-refractivity contribution in [2.24, 2.45) is 5.92 Å². The third-order valence-electron chi connectivity index (χ3n) is 3.69. The maximum atomic E-state index is 11.0. The van der Waals surface area contributed by atoms with E-state index >= 15 is 0 Å². The molecule has 0 heterocycles. The molecule has 2 nitrogen and oxygen atoms in total. The normalized spacial score (nSPS) is 16.9. The quantitative estimate of drug-likeness (QED) is 0.861. The van der Waals surface area contributed by atoms with E-state index in [-0.39, 0.29) is 12.3 Å². The molecule has 92 valence electrons. The van der Waals surface area contributed by atoms with Gasteiger partial charge < -0.3 is 5.11 Å². The van der Waals surface area contributed by atoms with E-state index in [1.54, 1.807) is 0 Å². The molecule has 1 unspecified atom stereocenters. The van der Waals surface area contributed by atoms with Crippen LogP contribution in [0.1, 0.15) is 47.4 Å². The molecule has 1 saturated carbocycles. The highest BCUT2D eigenvalue weighted by Crippen LogP contribution is 2.46. The Labute approximate surface area is 103 Å². The lowest BCUT2D eigenvalue weighted by Gasteiger charge is -2.20. The standard InChI is InChI=1S/C15H20O2/c1-9-6-10(2)15(11(3)7-9)13(8-14(16)17)12-4-5-12/h6-7,12-13H,4-5,8H2,1-3H3,(H,16,17). The molecule has 1 atom stereocenters. The molecule has 0 aromatic heterocycles. The fourth-order valence-corrected chi connectivity index (χ4v) is 2.97. The van der Waals surface area contributed by atoms with Gasteiger partial charge in [0.15, 0.2) is 0 Å². The first-order valence-corrected chi connectivity index (χ1v) is 6.28. The number of rotatable bonds is 4. The summed E-state index contributed by atoms with van der Waals surface area (Å²) in [5.74, 6) is 0.126. The lowest BCUT2D eigenvalue weighted by atomic mass is 9.84. The zero-order chi connectivity index (χ0) is 12.6. The average Bonchev–Trinajstić information content (AvgIpc) is 2.96. The predicted molar refractivity (Wildman–Crippen MR) is 68.4 cm³/mol. The number of hydrogen-bond acceptors (Lipinski definition) is 1. The number of carboxylic acid groups (broad SMARTS) is 1. The molecule has 2 heteroatoms. The predicted octanol–water partition coefficient (Wildman–Crippen LogP) is 3.58. The van der Waals surface area contributed by atoms with Crippen molar-refractivity contribution in [1.29, 1.82) is 0 Å². The highest BCUT2D eigenvalue weighted by molar-refractivity contribution is 5.68. The second-order valence-corrected chi connectivity index (χ2v) is 5.35. The van der Waals surface area contributed by atoms with E-state index in [4.69, 9.17) is 5.11 Å². The minimum absolute atomic E-state index is 0.216. The van der Waals surface area contributed by atoms with Crippen molar-refractivity contribution in [2.75, 3.05) is 0 Å². The Kier molecular flexibility index (Phi) is 3.23. The van der Waals surface area contributed by atoms with Crippen LogP contribution < -0.4 is 0 Å². The first kappa shape index (κ1) is 12.2. The molecular formula is C15H20O2. The Morgan fingerprint density at radius 2 is 1.82 bits per heavy atom. The summed E-state index contributed by atoms with van der Waals surface area (Å²) in [5.41, 5.74) is 5.04. The summed E-state index contributed by atoms with van der Waals surface area (Å²) in [6, 6.07) is 4.33. The number of aryl methyl sites for hydroxylation is 3. The molecule has 0 amide bonds. The van der Waals surface area contributed by atoms with Crippen LogP contribution in [0.2, 0.25) is 0 Å². The fraction of sp³-hybridized carbons (Fsp3) is 0.533. The maximum Gasteiger partial charge on any atom is 0.303 e. The number of aliphatic carboxylic acids is 1. The first-order valence-electron chi connectivity index (χ1n) is 6.28. The lowest BCUT2D eigenvalue weighted by molar-refractivity contribution is -0.137. The minimum Gasteiger partial charge on any atom is -0.481 e. The van der Waals surface area contributed by atoms with E-state index in [2.05, 4.69) is 32.9 Å². The SMILES string of the molecule is Cc1cc(C)c(C(CC(=O)O)C2CC2)c(C)c1. The van der Waals surface area contributed by atoms with Gasteiger partial charge in [-0.25, -0.2) is 0 Å². The van der Waals surface area contributed by atoms with Gasteiger partial charge in [-0.15, -0.1) is 0 Å². The van der Waals surface area contributed by atoms with E-state index in [0.717, 1.165) is 0 Å². The summed E-state index contributed by atoms with van der Waals surface area (Å²) >= 11 is 0. The van der Waals surface area contributed by atoms with Gasteiger partial charge in [0.05, 0.1) is 6.42 Å². The molecular weight excluding hydrogens is 212 g/mol. The van der Waals surface area contributed by atoms with E-state index in [9.17, 15) is 4.79 Å². The molecule has 0 saturated heterocycles. The van der Waals surface area contributed by atoms with Crippen LogP contribution in [0.4, 0.5) is 0 Å². The Morgan fingerprint density at radius 3 is 2.24 bits per heavy atom. The zero-order valence-electron chi connectivity index (χ0n) is 10.8. The highest BCUT2D eigenvalue weighted by atomic mass is 16.4. The van der Waals surface area contributed by atoms with Gasteiger partial charge in [0.1, 0.15) is 0 Å². The number of carbonyl (C=O) groups is 1. The summed E-state index contributed by atoms with van der Waals surface area (Å²) in [5, 5.41) is 9.06. The summed E-state index contributed by atoms with van der Waals surface area (Å²) < 4.78 is 0. The molecule has 1 fully saturated rings. The Hall–Kier alpha value is -1.31. The van der Waals surface area contributed by atoms with Crippen molar-refractivity contribution in [2.45, 2.75) is 46.0 Å². The van der Waals surface area contributed by atoms with Gasteiger partial charge in [-0.2, -0.15) is 0 Å². The van der Waals surface area contributed by atoms with Crippen molar-refractivity contribution in [3.63, 3.8) is 0 Å². The van der Waals surface area contributed by atoms with Gasteiger partial charge in [-0.1, -0.05) is 17.7 Å². The van der Waals surface area contributed by atoms with Crippen LogP contribution in [0.15, 0.2) is 12.1 Å². The highest BCUT2D eigenvalue weighted by Gasteiger charge is 2.35. The van der Waals surface area contributed by atoms with Crippen LogP contribution in [0.3, 0.4) is 0 Å². The summed E-state index contributed by atoms with van der Waals surface area (Å²) in [7, 11) is 0. The Balaban J connectivity index is 2.38. The monoisotopic (exact) mass is 232 g/mol. The Morgan fingerprint density at radius 1 is 1.29 bits per heavy atom. The number of benzene rings is 1. The second kappa shape index (κ2) is 4.52. The van der Waals surface area contributed by atoms with E-state index in [1.807, 2.05) is 0 Å². The van der Waals surface area contributed by atoms with Crippen molar-refractivity contribution < 1.29 is 9.90 Å². The van der Waals surface area contributed by atoms with E-state index in [1.165, 1.54) is 35.1 Å². The largest absolute Gasteiger partial charge is 0.481 e. The summed E-state index contributed by atoms with van der Waals surface area (Å²) in [4.78, 5) is 11.0. The van der Waals surface area contributed by atoms with Crippen molar-refractivity contribution in [3.8, 4) is 0 Å². The van der Waals surface area contributed by atoms with Gasteiger partial charge in [0, 0.05) is 0 Å². The lowest BCUT2D eigenvalue weighted by Crippen LogP contribution is -2.11. The average molecular weight is 232 g/mol. The molecule has 0 bridgehead atoms. The molecule has 17 heavy (non-hydrogen) atoms. The molecule has 0 aliphatic heterocycles. The second-order valence-electron chi connectivity index (χ2n) is 5.35. The van der Waals surface area contributed by atoms with E-state index in [0.29, 0.717) is 5.92 Å². The third-order valence-corrected chi connectivity index (χ3v) is 3.69. The van der Waals surface area contributed by atoms with Crippen molar-refractivity contribution in [1.82, 2.24) is 0 Å². The molecule has 0 radical (unpaired) electrons. The smallest absolute Gasteiger partial charge is 0.303 e. The van der Waals surface area contributed by atoms with Crippen molar-refractivity contribution in [3.05, 3.63) is 34.4 Å². The fourth-order valence-electron chi connectivity index (χ4n) is 2.97. The van der Waals surface area contributed by atoms with Gasteiger partial charge in [0.2, 0.25) is 0 Å². The van der Waals surface area contributed by atoms with Crippen LogP contribution >= 0.6 is 0 Å². The van der Waals surface area contributed by atoms with Gasteiger partial charge in [0.25, 0.3) is 0 Å². The molecule has 1 aromatic carbocycles. The Bertz CT molecular complexity index is 421. The topological polar surface area (TPSA) is 37.3 Å². The number of hydrogen-bond donors (Lipinski definition) is 1. The van der Waals surface area contributed by atoms with Gasteiger partial charge in [-0.3, -0.25) is 4.79 Å². The minimum atomic E-state index is -0.679. The third kappa shape index (κ3) is 2.68. The first-order chi connectivity index (χ1) is 7.99. The van der Waals surface area contributed by atoms with Gasteiger partial charge >= 0.3 is 5.97 Å². The van der Waals surface area contributed by atoms with Crippen molar-refractivity contribution >= 4 is 5.97 Å². The summed E-state index contributed by atoms with van der Waals surface area (Å²) in [6.45, 7) is 6.30. The van der Waals surface area contributed by atoms with Crippen LogP contribution in [0.5, 0.6) is 0 Å². The molecule has 0 spiro atoms.